The quantitative estimate of drug-likeness (QED) is 0.800. The van der Waals surface area contributed by atoms with Crippen LogP contribution in [0.25, 0.3) is 0 Å². The number of rotatable bonds is 8. The van der Waals surface area contributed by atoms with Crippen LogP contribution in [0.3, 0.4) is 0 Å². The summed E-state index contributed by atoms with van der Waals surface area (Å²) in [6.45, 7) is 0.249. The molecule has 0 aromatic heterocycles. The van der Waals surface area contributed by atoms with E-state index in [-0.39, 0.29) is 18.9 Å². The number of aliphatic carboxylic acids is 1. The van der Waals surface area contributed by atoms with E-state index in [2.05, 4.69) is 0 Å². The van der Waals surface area contributed by atoms with Crippen molar-refractivity contribution in [2.45, 2.75) is 51.0 Å². The van der Waals surface area contributed by atoms with Crippen LogP contribution in [-0.2, 0) is 16.0 Å². The Balaban J connectivity index is 1.80. The number of carbonyl (C=O) groups excluding carboxylic acids is 1. The average molecular weight is 319 g/mol. The van der Waals surface area contributed by atoms with Crippen LogP contribution in [0.2, 0.25) is 0 Å². The van der Waals surface area contributed by atoms with Gasteiger partial charge in [0.2, 0.25) is 5.91 Å². The van der Waals surface area contributed by atoms with Crippen molar-refractivity contribution in [3.8, 4) is 5.75 Å². The summed E-state index contributed by atoms with van der Waals surface area (Å²) in [7, 11) is 1.64. The molecule has 0 spiro atoms. The molecule has 0 heterocycles. The number of benzene rings is 1. The SMILES string of the molecule is CN(CCC(=O)O)C(=O)CCc1cccc(OC2CCCC2)c1. The van der Waals surface area contributed by atoms with Gasteiger partial charge in [-0.3, -0.25) is 9.59 Å². The van der Waals surface area contributed by atoms with Crippen LogP contribution in [0.5, 0.6) is 5.75 Å². The number of carboxylic acid groups (broad SMARTS) is 1. The molecule has 0 saturated heterocycles. The highest BCUT2D eigenvalue weighted by atomic mass is 16.5. The van der Waals surface area contributed by atoms with Crippen molar-refractivity contribution >= 4 is 11.9 Å². The third-order valence-electron chi connectivity index (χ3n) is 4.22. The molecule has 1 aromatic rings. The fourth-order valence-electron chi connectivity index (χ4n) is 2.80. The molecular formula is C18H25NO4. The molecule has 0 bridgehead atoms. The number of aryl methyl sites for hydroxylation is 1. The predicted molar refractivity (Wildman–Crippen MR) is 87.5 cm³/mol. The molecule has 1 aliphatic rings. The Morgan fingerprint density at radius 3 is 2.70 bits per heavy atom. The van der Waals surface area contributed by atoms with E-state index in [9.17, 15) is 9.59 Å². The molecule has 126 valence electrons. The molecule has 0 radical (unpaired) electrons. The van der Waals surface area contributed by atoms with Gasteiger partial charge in [-0.05, 0) is 49.8 Å². The Labute approximate surface area is 137 Å². The first-order valence-electron chi connectivity index (χ1n) is 8.26. The Bertz CT molecular complexity index is 538. The lowest BCUT2D eigenvalue weighted by atomic mass is 10.1. The van der Waals surface area contributed by atoms with E-state index in [1.54, 1.807) is 7.05 Å². The van der Waals surface area contributed by atoms with Crippen LogP contribution in [0.15, 0.2) is 24.3 Å². The number of carbonyl (C=O) groups is 2. The fourth-order valence-corrected chi connectivity index (χ4v) is 2.80. The Morgan fingerprint density at radius 2 is 2.00 bits per heavy atom. The highest BCUT2D eigenvalue weighted by Gasteiger charge is 2.16. The number of hydrogen-bond donors (Lipinski definition) is 1. The molecule has 23 heavy (non-hydrogen) atoms. The van der Waals surface area contributed by atoms with Gasteiger partial charge in [-0.15, -0.1) is 0 Å². The number of amides is 1. The molecule has 1 aliphatic carbocycles. The van der Waals surface area contributed by atoms with E-state index < -0.39 is 5.97 Å². The molecule has 1 fully saturated rings. The minimum atomic E-state index is -0.888. The van der Waals surface area contributed by atoms with Crippen molar-refractivity contribution in [1.29, 1.82) is 0 Å². The van der Waals surface area contributed by atoms with Crippen LogP contribution in [0.4, 0.5) is 0 Å². The smallest absolute Gasteiger partial charge is 0.305 e. The van der Waals surface area contributed by atoms with Gasteiger partial charge in [0, 0.05) is 20.0 Å². The topological polar surface area (TPSA) is 66.8 Å². The van der Waals surface area contributed by atoms with Crippen LogP contribution >= 0.6 is 0 Å². The van der Waals surface area contributed by atoms with E-state index in [0.717, 1.165) is 24.2 Å². The van der Waals surface area contributed by atoms with Crippen LogP contribution < -0.4 is 4.74 Å². The van der Waals surface area contributed by atoms with Crippen molar-refractivity contribution in [2.24, 2.45) is 0 Å². The van der Waals surface area contributed by atoms with E-state index in [1.807, 2.05) is 24.3 Å². The highest BCUT2D eigenvalue weighted by Crippen LogP contribution is 2.24. The van der Waals surface area contributed by atoms with Gasteiger partial charge in [0.05, 0.1) is 12.5 Å². The summed E-state index contributed by atoms with van der Waals surface area (Å²) in [4.78, 5) is 24.0. The molecule has 5 nitrogen and oxygen atoms in total. The van der Waals surface area contributed by atoms with Crippen molar-refractivity contribution in [2.75, 3.05) is 13.6 Å². The second-order valence-corrected chi connectivity index (χ2v) is 6.13. The molecule has 1 amide bonds. The van der Waals surface area contributed by atoms with Crippen molar-refractivity contribution in [1.82, 2.24) is 4.90 Å². The van der Waals surface area contributed by atoms with E-state index in [0.29, 0.717) is 18.9 Å². The minimum Gasteiger partial charge on any atom is -0.490 e. The van der Waals surface area contributed by atoms with Crippen molar-refractivity contribution < 1.29 is 19.4 Å². The van der Waals surface area contributed by atoms with Gasteiger partial charge >= 0.3 is 5.97 Å². The standard InChI is InChI=1S/C18H25NO4/c1-19(12-11-18(21)22)17(20)10-9-14-5-4-8-16(13-14)23-15-6-2-3-7-15/h4-5,8,13,15H,2-3,6-7,9-12H2,1H3,(H,21,22). The van der Waals surface area contributed by atoms with Crippen LogP contribution in [0, 0.1) is 0 Å². The van der Waals surface area contributed by atoms with Gasteiger partial charge in [0.15, 0.2) is 0 Å². The molecular weight excluding hydrogens is 294 g/mol. The summed E-state index contributed by atoms with van der Waals surface area (Å²) in [5.74, 6) is -0.0455. The molecule has 1 N–H and O–H groups in total. The lowest BCUT2D eigenvalue weighted by molar-refractivity contribution is -0.138. The first-order chi connectivity index (χ1) is 11.0. The first kappa shape index (κ1) is 17.3. The molecule has 5 heteroatoms. The van der Waals surface area contributed by atoms with Gasteiger partial charge in [-0.1, -0.05) is 12.1 Å². The Kier molecular flexibility index (Phi) is 6.44. The van der Waals surface area contributed by atoms with Gasteiger partial charge in [0.1, 0.15) is 5.75 Å². The third kappa shape index (κ3) is 5.93. The predicted octanol–water partition coefficient (Wildman–Crippen LogP) is 2.87. The monoisotopic (exact) mass is 319 g/mol. The zero-order valence-electron chi connectivity index (χ0n) is 13.7. The molecule has 1 saturated carbocycles. The van der Waals surface area contributed by atoms with Gasteiger partial charge in [-0.2, -0.15) is 0 Å². The Hall–Kier alpha value is -2.04. The highest BCUT2D eigenvalue weighted by molar-refractivity contribution is 5.77. The normalized spacial score (nSPS) is 14.7. The molecule has 0 aliphatic heterocycles. The van der Waals surface area contributed by atoms with E-state index in [1.165, 1.54) is 17.7 Å². The summed E-state index contributed by atoms with van der Waals surface area (Å²) in [5.41, 5.74) is 1.07. The van der Waals surface area contributed by atoms with Crippen molar-refractivity contribution in [3.63, 3.8) is 0 Å². The fraction of sp³-hybridized carbons (Fsp3) is 0.556. The summed E-state index contributed by atoms with van der Waals surface area (Å²) in [5, 5.41) is 8.65. The summed E-state index contributed by atoms with van der Waals surface area (Å²) in [6.07, 6.45) is 6.04. The maximum Gasteiger partial charge on any atom is 0.305 e. The average Bonchev–Trinajstić information content (AvgIpc) is 3.03. The molecule has 2 rings (SSSR count). The van der Waals surface area contributed by atoms with Gasteiger partial charge in [0.25, 0.3) is 0 Å². The lowest BCUT2D eigenvalue weighted by Crippen LogP contribution is -2.29. The van der Waals surface area contributed by atoms with E-state index in [4.69, 9.17) is 9.84 Å². The van der Waals surface area contributed by atoms with Crippen molar-refractivity contribution in [3.05, 3.63) is 29.8 Å². The zero-order valence-corrected chi connectivity index (χ0v) is 13.7. The second-order valence-electron chi connectivity index (χ2n) is 6.13. The maximum atomic E-state index is 12.0. The minimum absolute atomic E-state index is 0.0209. The number of nitrogens with zero attached hydrogens (tertiary/aromatic N) is 1. The molecule has 0 atom stereocenters. The number of ether oxygens (including phenoxy) is 1. The summed E-state index contributed by atoms with van der Waals surface area (Å²) < 4.78 is 5.97. The Morgan fingerprint density at radius 1 is 1.26 bits per heavy atom. The lowest BCUT2D eigenvalue weighted by Gasteiger charge is -2.16. The molecule has 1 aromatic carbocycles. The third-order valence-corrected chi connectivity index (χ3v) is 4.22. The second kappa shape index (κ2) is 8.56. The maximum absolute atomic E-state index is 12.0. The first-order valence-corrected chi connectivity index (χ1v) is 8.26. The number of carboxylic acids is 1. The van der Waals surface area contributed by atoms with Gasteiger partial charge < -0.3 is 14.7 Å². The molecule has 0 unspecified atom stereocenters. The summed E-state index contributed by atoms with van der Waals surface area (Å²) in [6, 6.07) is 7.91. The summed E-state index contributed by atoms with van der Waals surface area (Å²) >= 11 is 0. The zero-order chi connectivity index (χ0) is 16.7. The largest absolute Gasteiger partial charge is 0.490 e. The van der Waals surface area contributed by atoms with E-state index >= 15 is 0 Å². The van der Waals surface area contributed by atoms with Gasteiger partial charge in [-0.25, -0.2) is 0 Å². The number of hydrogen-bond acceptors (Lipinski definition) is 3. The van der Waals surface area contributed by atoms with Crippen LogP contribution in [-0.4, -0.2) is 41.6 Å². The van der Waals surface area contributed by atoms with Crippen LogP contribution in [0.1, 0.15) is 44.1 Å².